The molecule has 19 heavy (non-hydrogen) atoms. The number of benzene rings is 1. The van der Waals surface area contributed by atoms with E-state index >= 15 is 0 Å². The van der Waals surface area contributed by atoms with E-state index in [4.69, 9.17) is 5.73 Å². The van der Waals surface area contributed by atoms with Crippen LogP contribution < -0.4 is 11.1 Å². The summed E-state index contributed by atoms with van der Waals surface area (Å²) in [5.41, 5.74) is 6.74. The van der Waals surface area contributed by atoms with Crippen molar-refractivity contribution in [2.24, 2.45) is 5.41 Å². The van der Waals surface area contributed by atoms with Gasteiger partial charge in [-0.15, -0.1) is 0 Å². The minimum Gasteiger partial charge on any atom is -0.398 e. The summed E-state index contributed by atoms with van der Waals surface area (Å²) in [6.07, 6.45) is 0. The van der Waals surface area contributed by atoms with Crippen LogP contribution in [0.4, 0.5) is 11.4 Å². The second-order valence-corrected chi connectivity index (χ2v) is 5.71. The van der Waals surface area contributed by atoms with Crippen LogP contribution in [0.3, 0.4) is 0 Å². The number of hydrogen-bond acceptors (Lipinski definition) is 3. The Bertz CT molecular complexity index is 502. The van der Waals surface area contributed by atoms with E-state index < -0.39 is 5.41 Å². The van der Waals surface area contributed by atoms with Crippen molar-refractivity contribution in [2.75, 3.05) is 25.1 Å². The van der Waals surface area contributed by atoms with Gasteiger partial charge in [0.1, 0.15) is 0 Å². The highest BCUT2D eigenvalue weighted by Crippen LogP contribution is 2.22. The van der Waals surface area contributed by atoms with Crippen LogP contribution in [0.2, 0.25) is 0 Å². The van der Waals surface area contributed by atoms with Gasteiger partial charge in [-0.3, -0.25) is 9.59 Å². The van der Waals surface area contributed by atoms with Crippen LogP contribution in [0.25, 0.3) is 0 Å². The third-order valence-electron chi connectivity index (χ3n) is 2.63. The number of nitrogen functional groups attached to an aromatic ring is 1. The fourth-order valence-electron chi connectivity index (χ4n) is 1.39. The first-order valence-corrected chi connectivity index (χ1v) is 6.05. The molecule has 5 nitrogen and oxygen atoms in total. The van der Waals surface area contributed by atoms with Crippen LogP contribution in [0.5, 0.6) is 0 Å². The SMILES string of the molecule is CN(C)C(=O)c1ccc(NC(=O)C(C)(C)C)cc1N. The minimum absolute atomic E-state index is 0.0985. The molecule has 0 fully saturated rings. The zero-order chi connectivity index (χ0) is 14.8. The molecule has 0 aliphatic rings. The maximum atomic E-state index is 11.8. The molecule has 0 heterocycles. The number of hydrogen-bond donors (Lipinski definition) is 2. The van der Waals surface area contributed by atoms with Crippen molar-refractivity contribution in [2.45, 2.75) is 20.8 Å². The zero-order valence-corrected chi connectivity index (χ0v) is 12.1. The maximum Gasteiger partial charge on any atom is 0.255 e. The molecule has 1 rings (SSSR count). The molecule has 0 aromatic heterocycles. The highest BCUT2D eigenvalue weighted by Gasteiger charge is 2.21. The molecular weight excluding hydrogens is 242 g/mol. The summed E-state index contributed by atoms with van der Waals surface area (Å²) in [7, 11) is 3.33. The predicted molar refractivity (Wildman–Crippen MR) is 77.0 cm³/mol. The standard InChI is InChI=1S/C14H21N3O2/c1-14(2,3)13(19)16-9-6-7-10(11(15)8-9)12(18)17(4)5/h6-8H,15H2,1-5H3,(H,16,19). The highest BCUT2D eigenvalue weighted by molar-refractivity contribution is 6.01. The van der Waals surface area contributed by atoms with Crippen molar-refractivity contribution in [3.8, 4) is 0 Å². The van der Waals surface area contributed by atoms with Crippen molar-refractivity contribution in [1.82, 2.24) is 4.90 Å². The number of amides is 2. The van der Waals surface area contributed by atoms with Gasteiger partial charge in [-0.05, 0) is 18.2 Å². The Labute approximate surface area is 113 Å². The molecule has 1 aromatic rings. The van der Waals surface area contributed by atoms with Crippen molar-refractivity contribution in [3.05, 3.63) is 23.8 Å². The third kappa shape index (κ3) is 3.71. The van der Waals surface area contributed by atoms with Gasteiger partial charge in [0, 0.05) is 30.9 Å². The summed E-state index contributed by atoms with van der Waals surface area (Å²) in [6.45, 7) is 5.49. The molecule has 0 saturated heterocycles. The second kappa shape index (κ2) is 5.30. The highest BCUT2D eigenvalue weighted by atomic mass is 16.2. The Hall–Kier alpha value is -2.04. The Morgan fingerprint density at radius 1 is 1.21 bits per heavy atom. The molecule has 0 saturated carbocycles. The first kappa shape index (κ1) is 15.0. The van der Waals surface area contributed by atoms with Crippen molar-refractivity contribution in [3.63, 3.8) is 0 Å². The topological polar surface area (TPSA) is 75.4 Å². The van der Waals surface area contributed by atoms with Crippen LogP contribution in [-0.4, -0.2) is 30.8 Å². The van der Waals surface area contributed by atoms with Gasteiger partial charge in [0.2, 0.25) is 5.91 Å². The van der Waals surface area contributed by atoms with Gasteiger partial charge in [-0.25, -0.2) is 0 Å². The van der Waals surface area contributed by atoms with Gasteiger partial charge in [-0.1, -0.05) is 20.8 Å². The maximum absolute atomic E-state index is 11.8. The number of carbonyl (C=O) groups is 2. The van der Waals surface area contributed by atoms with Gasteiger partial charge < -0.3 is 16.0 Å². The molecule has 0 aliphatic heterocycles. The summed E-state index contributed by atoms with van der Waals surface area (Å²) < 4.78 is 0. The molecule has 0 bridgehead atoms. The van der Waals surface area contributed by atoms with Gasteiger partial charge >= 0.3 is 0 Å². The van der Waals surface area contributed by atoms with Crippen LogP contribution in [0.15, 0.2) is 18.2 Å². The predicted octanol–water partition coefficient (Wildman–Crippen LogP) is 1.96. The molecule has 1 aromatic carbocycles. The van der Waals surface area contributed by atoms with Crippen molar-refractivity contribution in [1.29, 1.82) is 0 Å². The lowest BCUT2D eigenvalue weighted by Crippen LogP contribution is -2.28. The normalized spacial score (nSPS) is 11.0. The van der Waals surface area contributed by atoms with E-state index in [1.807, 2.05) is 20.8 Å². The van der Waals surface area contributed by atoms with E-state index in [0.29, 0.717) is 16.9 Å². The number of anilines is 2. The van der Waals surface area contributed by atoms with Gasteiger partial charge in [0.25, 0.3) is 5.91 Å². The van der Waals surface area contributed by atoms with Gasteiger partial charge in [0.05, 0.1) is 5.56 Å². The van der Waals surface area contributed by atoms with E-state index in [1.165, 1.54) is 4.90 Å². The van der Waals surface area contributed by atoms with Crippen molar-refractivity contribution < 1.29 is 9.59 Å². The molecule has 0 spiro atoms. The number of nitrogens with one attached hydrogen (secondary N) is 1. The summed E-state index contributed by atoms with van der Waals surface area (Å²) in [5, 5.41) is 2.77. The van der Waals surface area contributed by atoms with Crippen molar-refractivity contribution >= 4 is 23.2 Å². The van der Waals surface area contributed by atoms with Crippen LogP contribution in [-0.2, 0) is 4.79 Å². The lowest BCUT2D eigenvalue weighted by Gasteiger charge is -2.18. The molecule has 2 amide bonds. The minimum atomic E-state index is -0.479. The number of nitrogens with two attached hydrogens (primary N) is 1. The second-order valence-electron chi connectivity index (χ2n) is 5.71. The van der Waals surface area contributed by atoms with E-state index in [2.05, 4.69) is 5.32 Å². The summed E-state index contributed by atoms with van der Waals surface area (Å²) in [4.78, 5) is 25.1. The molecule has 0 radical (unpaired) electrons. The number of nitrogens with zero attached hydrogens (tertiary/aromatic N) is 1. The Morgan fingerprint density at radius 3 is 2.21 bits per heavy atom. The number of rotatable bonds is 2. The van der Waals surface area contributed by atoms with Crippen LogP contribution in [0, 0.1) is 5.41 Å². The summed E-state index contributed by atoms with van der Waals surface area (Å²) in [5.74, 6) is -0.259. The largest absolute Gasteiger partial charge is 0.398 e. The molecule has 0 atom stereocenters. The quantitative estimate of drug-likeness (QED) is 0.801. The third-order valence-corrected chi connectivity index (χ3v) is 2.63. The average Bonchev–Trinajstić information content (AvgIpc) is 2.26. The fourth-order valence-corrected chi connectivity index (χ4v) is 1.39. The van der Waals surface area contributed by atoms with Crippen LogP contribution >= 0.6 is 0 Å². The molecule has 104 valence electrons. The molecule has 0 aliphatic carbocycles. The monoisotopic (exact) mass is 263 g/mol. The molecule has 5 heteroatoms. The molecule has 3 N–H and O–H groups in total. The zero-order valence-electron chi connectivity index (χ0n) is 12.1. The Morgan fingerprint density at radius 2 is 1.79 bits per heavy atom. The summed E-state index contributed by atoms with van der Waals surface area (Å²) >= 11 is 0. The Balaban J connectivity index is 2.95. The molecular formula is C14H21N3O2. The lowest BCUT2D eigenvalue weighted by molar-refractivity contribution is -0.123. The van der Waals surface area contributed by atoms with Crippen LogP contribution in [0.1, 0.15) is 31.1 Å². The van der Waals surface area contributed by atoms with E-state index in [1.54, 1.807) is 32.3 Å². The summed E-state index contributed by atoms with van der Waals surface area (Å²) in [6, 6.07) is 4.90. The smallest absolute Gasteiger partial charge is 0.255 e. The van der Waals surface area contributed by atoms with Gasteiger partial charge in [0.15, 0.2) is 0 Å². The van der Waals surface area contributed by atoms with Gasteiger partial charge in [-0.2, -0.15) is 0 Å². The first-order valence-electron chi connectivity index (χ1n) is 6.05. The van der Waals surface area contributed by atoms with E-state index in [-0.39, 0.29) is 11.8 Å². The fraction of sp³-hybridized carbons (Fsp3) is 0.429. The van der Waals surface area contributed by atoms with E-state index in [0.717, 1.165) is 0 Å². The first-order chi connectivity index (χ1) is 8.62. The number of carbonyl (C=O) groups excluding carboxylic acids is 2. The Kier molecular flexibility index (Phi) is 4.19. The van der Waals surface area contributed by atoms with E-state index in [9.17, 15) is 9.59 Å². The average molecular weight is 263 g/mol. The lowest BCUT2D eigenvalue weighted by atomic mass is 9.95. The molecule has 0 unspecified atom stereocenters.